The molecular weight excluding hydrogens is 282 g/mol. The Balaban J connectivity index is 1.85. The average Bonchev–Trinajstić information content (AvgIpc) is 2.74. The molecule has 3 rings (SSSR count). The monoisotopic (exact) mass is 301 g/mol. The molecule has 1 aliphatic heterocycles. The predicted molar refractivity (Wildman–Crippen MR) is 84.5 cm³/mol. The minimum Gasteiger partial charge on any atom is -0.338 e. The Labute approximate surface area is 128 Å². The van der Waals surface area contributed by atoms with Crippen LogP contribution in [-0.4, -0.2) is 33.9 Å². The molecule has 0 radical (unpaired) electrons. The molecule has 3 heterocycles. The van der Waals surface area contributed by atoms with E-state index < -0.39 is 0 Å². The lowest BCUT2D eigenvalue weighted by Crippen LogP contribution is -2.31. The Kier molecular flexibility index (Phi) is 4.29. The zero-order chi connectivity index (χ0) is 14.7. The van der Waals surface area contributed by atoms with Crippen molar-refractivity contribution in [2.75, 3.05) is 13.1 Å². The van der Waals surface area contributed by atoms with E-state index in [1.165, 1.54) is 24.2 Å². The van der Waals surface area contributed by atoms with Crippen molar-refractivity contribution in [3.05, 3.63) is 35.1 Å². The van der Waals surface area contributed by atoms with Crippen molar-refractivity contribution in [3.8, 4) is 10.6 Å². The van der Waals surface area contributed by atoms with E-state index in [0.29, 0.717) is 0 Å². The smallest absolute Gasteiger partial charge is 0.265 e. The highest BCUT2D eigenvalue weighted by Crippen LogP contribution is 2.28. The minimum absolute atomic E-state index is 0.141. The summed E-state index contributed by atoms with van der Waals surface area (Å²) in [6.45, 7) is 3.66. The van der Waals surface area contributed by atoms with Crippen molar-refractivity contribution in [3.63, 3.8) is 0 Å². The van der Waals surface area contributed by atoms with Gasteiger partial charge in [-0.1, -0.05) is 12.8 Å². The normalized spacial score (nSPS) is 15.8. The maximum atomic E-state index is 12.7. The van der Waals surface area contributed by atoms with Gasteiger partial charge in [0.1, 0.15) is 9.88 Å². The molecule has 0 aliphatic carbocycles. The number of carbonyl (C=O) groups excluding carboxylic acids is 1. The van der Waals surface area contributed by atoms with Gasteiger partial charge in [-0.15, -0.1) is 11.3 Å². The summed E-state index contributed by atoms with van der Waals surface area (Å²) in [6.07, 6.45) is 8.21. The molecule has 21 heavy (non-hydrogen) atoms. The highest BCUT2D eigenvalue weighted by Gasteiger charge is 2.22. The van der Waals surface area contributed by atoms with Crippen LogP contribution in [0.3, 0.4) is 0 Å². The number of aryl methyl sites for hydroxylation is 1. The first-order valence-electron chi connectivity index (χ1n) is 7.43. The van der Waals surface area contributed by atoms with Gasteiger partial charge in [0.15, 0.2) is 0 Å². The molecule has 2 aromatic rings. The molecule has 1 saturated heterocycles. The lowest BCUT2D eigenvalue weighted by molar-refractivity contribution is 0.0765. The summed E-state index contributed by atoms with van der Waals surface area (Å²) < 4.78 is 0. The highest BCUT2D eigenvalue weighted by molar-refractivity contribution is 7.17. The summed E-state index contributed by atoms with van der Waals surface area (Å²) in [7, 11) is 0. The Hall–Kier alpha value is -1.75. The van der Waals surface area contributed by atoms with E-state index >= 15 is 0 Å². The van der Waals surface area contributed by atoms with Crippen LogP contribution >= 0.6 is 11.3 Å². The van der Waals surface area contributed by atoms with E-state index in [-0.39, 0.29) is 5.91 Å². The van der Waals surface area contributed by atoms with Gasteiger partial charge in [0, 0.05) is 31.0 Å². The maximum absolute atomic E-state index is 12.7. The molecule has 2 aromatic heterocycles. The van der Waals surface area contributed by atoms with Gasteiger partial charge >= 0.3 is 0 Å². The zero-order valence-electron chi connectivity index (χ0n) is 12.2. The van der Waals surface area contributed by atoms with Crippen LogP contribution in [0.25, 0.3) is 10.6 Å². The number of amides is 1. The molecule has 1 amide bonds. The van der Waals surface area contributed by atoms with Gasteiger partial charge in [0.25, 0.3) is 5.91 Å². The summed E-state index contributed by atoms with van der Waals surface area (Å²) in [4.78, 5) is 24.1. The highest BCUT2D eigenvalue weighted by atomic mass is 32.1. The first-order chi connectivity index (χ1) is 10.3. The fourth-order valence-corrected chi connectivity index (χ4v) is 3.65. The summed E-state index contributed by atoms with van der Waals surface area (Å²) in [5.74, 6) is 0.141. The Morgan fingerprint density at radius 2 is 2.00 bits per heavy atom. The molecule has 5 heteroatoms. The molecule has 1 aliphatic rings. The van der Waals surface area contributed by atoms with Crippen molar-refractivity contribution in [1.29, 1.82) is 0 Å². The van der Waals surface area contributed by atoms with E-state index in [1.54, 1.807) is 12.4 Å². The minimum atomic E-state index is 0.141. The fourth-order valence-electron chi connectivity index (χ4n) is 2.62. The van der Waals surface area contributed by atoms with Crippen LogP contribution < -0.4 is 0 Å². The average molecular weight is 301 g/mol. The molecule has 0 aromatic carbocycles. The molecule has 0 spiro atoms. The standard InChI is InChI=1S/C16H19N3OS/c1-12-14(16(20)19-9-4-2-3-5-10-19)21-15(18-12)13-7-6-8-17-11-13/h6-8,11H,2-5,9-10H2,1H3. The van der Waals surface area contributed by atoms with E-state index in [0.717, 1.165) is 47.1 Å². The Morgan fingerprint density at radius 1 is 1.24 bits per heavy atom. The van der Waals surface area contributed by atoms with Gasteiger partial charge in [-0.2, -0.15) is 0 Å². The van der Waals surface area contributed by atoms with Crippen LogP contribution in [0.15, 0.2) is 24.5 Å². The first kappa shape index (κ1) is 14.2. The molecule has 0 saturated carbocycles. The van der Waals surface area contributed by atoms with Crippen LogP contribution in [-0.2, 0) is 0 Å². The van der Waals surface area contributed by atoms with Crippen LogP contribution in [0.1, 0.15) is 41.0 Å². The van der Waals surface area contributed by atoms with Crippen LogP contribution in [0.4, 0.5) is 0 Å². The number of likely N-dealkylation sites (tertiary alicyclic amines) is 1. The van der Waals surface area contributed by atoms with E-state index in [4.69, 9.17) is 0 Å². The molecule has 0 unspecified atom stereocenters. The predicted octanol–water partition coefficient (Wildman–Crippen LogP) is 3.53. The number of hydrogen-bond donors (Lipinski definition) is 0. The van der Waals surface area contributed by atoms with Crippen LogP contribution in [0.5, 0.6) is 0 Å². The molecule has 1 fully saturated rings. The number of carbonyl (C=O) groups is 1. The second kappa shape index (κ2) is 6.35. The first-order valence-corrected chi connectivity index (χ1v) is 8.24. The quantitative estimate of drug-likeness (QED) is 0.852. The Morgan fingerprint density at radius 3 is 2.67 bits per heavy atom. The zero-order valence-corrected chi connectivity index (χ0v) is 13.0. The van der Waals surface area contributed by atoms with Crippen molar-refractivity contribution in [1.82, 2.24) is 14.9 Å². The number of thiazole rings is 1. The number of rotatable bonds is 2. The van der Waals surface area contributed by atoms with Crippen molar-refractivity contribution < 1.29 is 4.79 Å². The fraction of sp³-hybridized carbons (Fsp3) is 0.438. The lowest BCUT2D eigenvalue weighted by atomic mass is 10.2. The van der Waals surface area contributed by atoms with E-state index in [9.17, 15) is 4.79 Å². The summed E-state index contributed by atoms with van der Waals surface area (Å²) in [5, 5.41) is 0.874. The van der Waals surface area contributed by atoms with Gasteiger partial charge in [-0.05, 0) is 31.9 Å². The largest absolute Gasteiger partial charge is 0.338 e. The third-order valence-electron chi connectivity index (χ3n) is 3.79. The SMILES string of the molecule is Cc1nc(-c2cccnc2)sc1C(=O)N1CCCCCC1. The van der Waals surface area contributed by atoms with Crippen molar-refractivity contribution >= 4 is 17.2 Å². The van der Waals surface area contributed by atoms with Gasteiger partial charge < -0.3 is 4.90 Å². The summed E-state index contributed by atoms with van der Waals surface area (Å²) >= 11 is 1.48. The van der Waals surface area contributed by atoms with E-state index in [2.05, 4.69) is 9.97 Å². The Bertz CT molecular complexity index is 616. The second-order valence-corrected chi connectivity index (χ2v) is 6.38. The van der Waals surface area contributed by atoms with Crippen molar-refractivity contribution in [2.24, 2.45) is 0 Å². The lowest BCUT2D eigenvalue weighted by Gasteiger charge is -2.19. The van der Waals surface area contributed by atoms with Crippen LogP contribution in [0.2, 0.25) is 0 Å². The molecular formula is C16H19N3OS. The summed E-state index contributed by atoms with van der Waals surface area (Å²) in [5.41, 5.74) is 1.80. The van der Waals surface area contributed by atoms with Gasteiger partial charge in [-0.25, -0.2) is 4.98 Å². The molecule has 4 nitrogen and oxygen atoms in total. The molecule has 0 bridgehead atoms. The van der Waals surface area contributed by atoms with Gasteiger partial charge in [0.05, 0.1) is 5.69 Å². The third-order valence-corrected chi connectivity index (χ3v) is 4.99. The topological polar surface area (TPSA) is 46.1 Å². The van der Waals surface area contributed by atoms with Gasteiger partial charge in [0.2, 0.25) is 0 Å². The number of hydrogen-bond acceptors (Lipinski definition) is 4. The van der Waals surface area contributed by atoms with Crippen LogP contribution in [0, 0.1) is 6.92 Å². The third kappa shape index (κ3) is 3.13. The summed E-state index contributed by atoms with van der Waals surface area (Å²) in [6, 6.07) is 3.87. The number of aromatic nitrogens is 2. The maximum Gasteiger partial charge on any atom is 0.265 e. The second-order valence-electron chi connectivity index (χ2n) is 5.38. The van der Waals surface area contributed by atoms with E-state index in [1.807, 2.05) is 24.0 Å². The molecule has 0 atom stereocenters. The molecule has 110 valence electrons. The van der Waals surface area contributed by atoms with Crippen molar-refractivity contribution in [2.45, 2.75) is 32.6 Å². The molecule has 0 N–H and O–H groups in total. The van der Waals surface area contributed by atoms with Gasteiger partial charge in [-0.3, -0.25) is 9.78 Å². The number of pyridine rings is 1. The number of nitrogens with zero attached hydrogens (tertiary/aromatic N) is 3.